The molecule has 31 heavy (non-hydrogen) atoms. The van der Waals surface area contributed by atoms with Gasteiger partial charge in [-0.05, 0) is 60.9 Å². The zero-order chi connectivity index (χ0) is 22.0. The number of nitrogens with zero attached hydrogens (tertiary/aromatic N) is 2. The van der Waals surface area contributed by atoms with Crippen molar-refractivity contribution in [3.05, 3.63) is 105 Å². The number of nitro benzene ring substituents is 1. The van der Waals surface area contributed by atoms with Crippen molar-refractivity contribution in [3.63, 3.8) is 0 Å². The molecule has 0 aliphatic carbocycles. The molecule has 3 aromatic rings. The molecule has 1 heterocycles. The van der Waals surface area contributed by atoms with E-state index < -0.39 is 4.92 Å². The first-order valence-corrected chi connectivity index (χ1v) is 9.95. The van der Waals surface area contributed by atoms with Crippen molar-refractivity contribution < 1.29 is 14.5 Å². The van der Waals surface area contributed by atoms with Crippen LogP contribution in [0.5, 0.6) is 0 Å². The number of nitro groups is 1. The molecule has 0 radical (unpaired) electrons. The summed E-state index contributed by atoms with van der Waals surface area (Å²) in [7, 11) is 0. The number of amides is 2. The summed E-state index contributed by atoms with van der Waals surface area (Å²) in [6.45, 7) is 2.73. The Hall–Kier alpha value is -4.00. The molecule has 0 saturated heterocycles. The largest absolute Gasteiger partial charge is 0.334 e. The Kier molecular flexibility index (Phi) is 5.49. The monoisotopic (exact) mass is 415 g/mol. The van der Waals surface area contributed by atoms with Crippen LogP contribution in [-0.4, -0.2) is 28.2 Å². The van der Waals surface area contributed by atoms with E-state index in [2.05, 4.69) is 5.32 Å². The lowest BCUT2D eigenvalue weighted by Gasteiger charge is -2.29. The molecule has 0 bridgehead atoms. The number of carbonyl (C=O) groups excluding carboxylic acids is 2. The maximum atomic E-state index is 12.8. The van der Waals surface area contributed by atoms with Crippen LogP contribution in [-0.2, 0) is 13.0 Å². The molecule has 0 atom stereocenters. The number of hydrogen-bond donors (Lipinski definition) is 1. The van der Waals surface area contributed by atoms with E-state index in [0.29, 0.717) is 35.5 Å². The highest BCUT2D eigenvalue weighted by atomic mass is 16.6. The fourth-order valence-electron chi connectivity index (χ4n) is 3.78. The van der Waals surface area contributed by atoms with Gasteiger partial charge < -0.3 is 10.2 Å². The summed E-state index contributed by atoms with van der Waals surface area (Å²) >= 11 is 0. The minimum absolute atomic E-state index is 0.0120. The first-order valence-electron chi connectivity index (χ1n) is 9.95. The van der Waals surface area contributed by atoms with Crippen molar-refractivity contribution in [3.8, 4) is 0 Å². The fourth-order valence-corrected chi connectivity index (χ4v) is 3.78. The Morgan fingerprint density at radius 2 is 1.74 bits per heavy atom. The molecule has 156 valence electrons. The molecule has 4 rings (SSSR count). The molecule has 2 amide bonds. The second-order valence-electron chi connectivity index (χ2n) is 7.54. The van der Waals surface area contributed by atoms with Gasteiger partial charge in [0, 0.05) is 41.5 Å². The van der Waals surface area contributed by atoms with Crippen molar-refractivity contribution >= 4 is 23.2 Å². The molecular weight excluding hydrogens is 394 g/mol. The molecule has 7 heteroatoms. The standard InChI is InChI=1S/C24H21N3O4/c1-16-13-19(8-10-22(16)27(30)31)23(28)25-21-9-7-17-11-12-26(15-20(17)14-21)24(29)18-5-3-2-4-6-18/h2-10,13-14H,11-12,15H2,1H3,(H,25,28). The van der Waals surface area contributed by atoms with E-state index in [1.54, 1.807) is 19.1 Å². The van der Waals surface area contributed by atoms with E-state index >= 15 is 0 Å². The average molecular weight is 415 g/mol. The minimum atomic E-state index is -0.469. The smallest absolute Gasteiger partial charge is 0.272 e. The van der Waals surface area contributed by atoms with Gasteiger partial charge in [0.15, 0.2) is 0 Å². The summed E-state index contributed by atoms with van der Waals surface area (Å²) < 4.78 is 0. The van der Waals surface area contributed by atoms with Crippen LogP contribution >= 0.6 is 0 Å². The van der Waals surface area contributed by atoms with Gasteiger partial charge in [-0.3, -0.25) is 19.7 Å². The van der Waals surface area contributed by atoms with Crippen molar-refractivity contribution in [2.45, 2.75) is 19.9 Å². The highest BCUT2D eigenvalue weighted by Crippen LogP contribution is 2.25. The predicted octanol–water partition coefficient (Wildman–Crippen LogP) is 4.35. The van der Waals surface area contributed by atoms with Crippen LogP contribution < -0.4 is 5.32 Å². The van der Waals surface area contributed by atoms with Gasteiger partial charge in [0.05, 0.1) is 4.92 Å². The van der Waals surface area contributed by atoms with Crippen molar-refractivity contribution in [2.75, 3.05) is 11.9 Å². The quantitative estimate of drug-likeness (QED) is 0.506. The zero-order valence-electron chi connectivity index (χ0n) is 17.0. The van der Waals surface area contributed by atoms with Crippen LogP contribution in [0.4, 0.5) is 11.4 Å². The lowest BCUT2D eigenvalue weighted by Crippen LogP contribution is -2.36. The van der Waals surface area contributed by atoms with Crippen LogP contribution in [0.25, 0.3) is 0 Å². The first kappa shape index (κ1) is 20.3. The highest BCUT2D eigenvalue weighted by molar-refractivity contribution is 6.04. The molecule has 1 aliphatic rings. The van der Waals surface area contributed by atoms with Crippen LogP contribution in [0.15, 0.2) is 66.7 Å². The Bertz CT molecular complexity index is 1170. The van der Waals surface area contributed by atoms with Gasteiger partial charge >= 0.3 is 0 Å². The van der Waals surface area contributed by atoms with E-state index in [-0.39, 0.29) is 17.5 Å². The Morgan fingerprint density at radius 3 is 2.45 bits per heavy atom. The molecule has 7 nitrogen and oxygen atoms in total. The first-order chi connectivity index (χ1) is 14.9. The lowest BCUT2D eigenvalue weighted by atomic mass is 9.98. The van der Waals surface area contributed by atoms with Gasteiger partial charge in [0.25, 0.3) is 17.5 Å². The van der Waals surface area contributed by atoms with Crippen molar-refractivity contribution in [1.29, 1.82) is 0 Å². The molecule has 0 fully saturated rings. The van der Waals surface area contributed by atoms with Gasteiger partial charge in [-0.25, -0.2) is 0 Å². The maximum Gasteiger partial charge on any atom is 0.272 e. The molecule has 0 saturated carbocycles. The third-order valence-corrected chi connectivity index (χ3v) is 5.44. The van der Waals surface area contributed by atoms with E-state index in [1.807, 2.05) is 41.3 Å². The number of fused-ring (bicyclic) bond motifs is 1. The van der Waals surface area contributed by atoms with Crippen molar-refractivity contribution in [1.82, 2.24) is 4.90 Å². The maximum absolute atomic E-state index is 12.8. The molecule has 0 spiro atoms. The third kappa shape index (κ3) is 4.30. The molecule has 3 aromatic carbocycles. The summed E-state index contributed by atoms with van der Waals surface area (Å²) in [5.74, 6) is -0.354. The Balaban J connectivity index is 1.50. The van der Waals surface area contributed by atoms with Crippen LogP contribution in [0.2, 0.25) is 0 Å². The summed E-state index contributed by atoms with van der Waals surface area (Å²) in [5.41, 5.74) is 4.18. The predicted molar refractivity (Wildman–Crippen MR) is 117 cm³/mol. The number of benzene rings is 3. The lowest BCUT2D eigenvalue weighted by molar-refractivity contribution is -0.385. The number of nitrogens with one attached hydrogen (secondary N) is 1. The van der Waals surface area contributed by atoms with E-state index in [4.69, 9.17) is 0 Å². The van der Waals surface area contributed by atoms with E-state index in [0.717, 1.165) is 17.5 Å². The van der Waals surface area contributed by atoms with Crippen LogP contribution in [0, 0.1) is 17.0 Å². The normalized spacial score (nSPS) is 12.7. The topological polar surface area (TPSA) is 92.6 Å². The third-order valence-electron chi connectivity index (χ3n) is 5.44. The van der Waals surface area contributed by atoms with Gasteiger partial charge in [-0.15, -0.1) is 0 Å². The number of rotatable bonds is 4. The van der Waals surface area contributed by atoms with Gasteiger partial charge in [-0.1, -0.05) is 24.3 Å². The second kappa shape index (κ2) is 8.39. The molecule has 0 aromatic heterocycles. The highest BCUT2D eigenvalue weighted by Gasteiger charge is 2.22. The van der Waals surface area contributed by atoms with Crippen LogP contribution in [0.1, 0.15) is 37.4 Å². The minimum Gasteiger partial charge on any atom is -0.334 e. The SMILES string of the molecule is Cc1cc(C(=O)Nc2ccc3c(c2)CN(C(=O)c2ccccc2)CC3)ccc1[N+](=O)[O-]. The second-order valence-corrected chi connectivity index (χ2v) is 7.54. The zero-order valence-corrected chi connectivity index (χ0v) is 17.0. The fraction of sp³-hybridized carbons (Fsp3) is 0.167. The van der Waals surface area contributed by atoms with E-state index in [9.17, 15) is 19.7 Å². The Labute approximate surface area is 179 Å². The Morgan fingerprint density at radius 1 is 0.968 bits per heavy atom. The molecule has 0 unspecified atom stereocenters. The van der Waals surface area contributed by atoms with Gasteiger partial charge in [0.1, 0.15) is 0 Å². The number of anilines is 1. The summed E-state index contributed by atoms with van der Waals surface area (Å²) in [4.78, 5) is 37.7. The molecule has 1 N–H and O–H groups in total. The summed E-state index contributed by atoms with van der Waals surface area (Å²) in [6, 6.07) is 19.2. The number of hydrogen-bond acceptors (Lipinski definition) is 4. The van der Waals surface area contributed by atoms with Gasteiger partial charge in [-0.2, -0.15) is 0 Å². The molecular formula is C24H21N3O4. The van der Waals surface area contributed by atoms with Crippen molar-refractivity contribution in [2.24, 2.45) is 0 Å². The van der Waals surface area contributed by atoms with Gasteiger partial charge in [0.2, 0.25) is 0 Å². The summed E-state index contributed by atoms with van der Waals surface area (Å²) in [5, 5.41) is 13.8. The van der Waals surface area contributed by atoms with Crippen LogP contribution in [0.3, 0.4) is 0 Å². The average Bonchev–Trinajstić information content (AvgIpc) is 2.78. The summed E-state index contributed by atoms with van der Waals surface area (Å²) in [6.07, 6.45) is 0.754. The number of aryl methyl sites for hydroxylation is 1. The number of carbonyl (C=O) groups is 2. The molecule has 1 aliphatic heterocycles. The van der Waals surface area contributed by atoms with E-state index in [1.165, 1.54) is 18.2 Å².